The number of hydrogen-bond acceptors (Lipinski definition) is 10. The molecule has 0 N–H and O–H groups in total. The lowest BCUT2D eigenvalue weighted by molar-refractivity contribution is 0.669. The molecule has 0 saturated heterocycles. The summed E-state index contributed by atoms with van der Waals surface area (Å²) in [6, 6.07) is 86.3. The van der Waals surface area contributed by atoms with Gasteiger partial charge in [-0.2, -0.15) is 0 Å². The molecule has 6 heterocycles. The fourth-order valence-electron chi connectivity index (χ4n) is 13.6. The molecule has 6 aromatic heterocycles. The lowest BCUT2D eigenvalue weighted by Crippen LogP contribution is -2.00. The molecule has 0 spiro atoms. The van der Waals surface area contributed by atoms with Crippen LogP contribution in [0.15, 0.2) is 272 Å². The summed E-state index contributed by atoms with van der Waals surface area (Å²) in [5.41, 5.74) is 12.4. The molecule has 14 aromatic carbocycles. The number of aromatic nitrogens is 6. The van der Waals surface area contributed by atoms with Crippen LogP contribution in [0, 0.1) is 0 Å². The summed E-state index contributed by atoms with van der Waals surface area (Å²) in [5, 5.41) is 18.1. The number of nitrogens with zero attached hydrogens (tertiary/aromatic N) is 6. The monoisotopic (exact) mass is 1160 g/mol. The van der Waals surface area contributed by atoms with Gasteiger partial charge in [0.1, 0.15) is 44.7 Å². The van der Waals surface area contributed by atoms with E-state index in [0.29, 0.717) is 34.9 Å². The van der Waals surface area contributed by atoms with Gasteiger partial charge in [-0.1, -0.05) is 196 Å². The summed E-state index contributed by atoms with van der Waals surface area (Å²) >= 11 is 0. The van der Waals surface area contributed by atoms with E-state index in [9.17, 15) is 0 Å². The molecule has 10 nitrogen and oxygen atoms in total. The van der Waals surface area contributed by atoms with Crippen LogP contribution in [0.4, 0.5) is 0 Å². The van der Waals surface area contributed by atoms with Crippen LogP contribution in [0.25, 0.3) is 199 Å². The summed E-state index contributed by atoms with van der Waals surface area (Å²) < 4.78 is 25.6. The second kappa shape index (κ2) is 20.2. The molecule has 0 unspecified atom stereocenters. The lowest BCUT2D eigenvalue weighted by Gasteiger charge is -2.11. The molecule has 10 heteroatoms. The third-order valence-corrected chi connectivity index (χ3v) is 17.4. The van der Waals surface area contributed by atoms with Gasteiger partial charge in [0.25, 0.3) is 0 Å². The van der Waals surface area contributed by atoms with Gasteiger partial charge >= 0.3 is 0 Å². The summed E-state index contributed by atoms with van der Waals surface area (Å²) in [7, 11) is 0. The smallest absolute Gasteiger partial charge is 0.164 e. The maximum absolute atomic E-state index is 6.55. The van der Waals surface area contributed by atoms with Gasteiger partial charge in [-0.3, -0.25) is 0 Å². The van der Waals surface area contributed by atoms with Crippen molar-refractivity contribution >= 4 is 131 Å². The SMILES string of the molecule is CC.c1ccc(-c2nc(-c3ccccc3)nc(-c3ccc4oc5ccc6c7cccc8oc9cccc(c9c87)c6c5c4c3)n2)cc1.c1ccc(-c2nc(-c3ccccc3)nc(-c3cccc4oc5ccc6c7cccc8oc9cccc(c9c87)c6c5c34)n2)cc1. The van der Waals surface area contributed by atoms with Crippen LogP contribution in [0.1, 0.15) is 13.8 Å². The Balaban J connectivity index is 0.000000130. The number of benzene rings is 14. The van der Waals surface area contributed by atoms with Gasteiger partial charge in [-0.25, -0.2) is 29.9 Å². The average molecular weight is 1160 g/mol. The van der Waals surface area contributed by atoms with Crippen molar-refractivity contribution in [3.8, 4) is 68.3 Å². The zero-order valence-electron chi connectivity index (χ0n) is 48.6. The molecule has 0 amide bonds. The normalized spacial score (nSPS) is 11.9. The van der Waals surface area contributed by atoms with Crippen LogP contribution in [0.3, 0.4) is 0 Å². The molecule has 20 rings (SSSR count). The van der Waals surface area contributed by atoms with Crippen LogP contribution >= 0.6 is 0 Å². The maximum atomic E-state index is 6.55. The molecule has 0 atom stereocenters. The fraction of sp³-hybridized carbons (Fsp3) is 0.0250. The quantitative estimate of drug-likeness (QED) is 0.148. The largest absolute Gasteiger partial charge is 0.456 e. The minimum absolute atomic E-state index is 0.601. The standard InChI is InChI=1S/2C39H21N3O2.C2H6/c1-3-10-22(11-4-1)37-40-38(23-12-5-2-6-13-23)42-39(41-37)27-16-9-19-30-35(27)36-31(44-30)21-20-25-24-14-7-17-28-33(24)34-26(32(25)36)15-8-18-29(34)43-28;1-3-9-22(10-4-1)37-40-38(23-11-5-2-6-12-23)42-39(41-37)24-17-19-29-28(21-24)36-32(43-29)20-18-26-25-13-7-15-30-34(25)35-27(33(26)36)14-8-16-31(35)44-30;1-2/h2*1-21H;1-2H3. The van der Waals surface area contributed by atoms with E-state index in [4.69, 9.17) is 47.6 Å². The highest BCUT2D eigenvalue weighted by molar-refractivity contribution is 6.41. The van der Waals surface area contributed by atoms with E-state index in [-0.39, 0.29) is 0 Å². The zero-order valence-corrected chi connectivity index (χ0v) is 48.6. The molecule has 0 saturated carbocycles. The molecule has 0 radical (unpaired) electrons. The summed E-state index contributed by atoms with van der Waals surface area (Å²) in [6.45, 7) is 4.00. The van der Waals surface area contributed by atoms with Gasteiger partial charge < -0.3 is 17.7 Å². The molecule has 0 aliphatic carbocycles. The van der Waals surface area contributed by atoms with Crippen LogP contribution < -0.4 is 0 Å². The summed E-state index contributed by atoms with van der Waals surface area (Å²) in [4.78, 5) is 29.9. The second-order valence-electron chi connectivity index (χ2n) is 22.3. The topological polar surface area (TPSA) is 130 Å². The highest BCUT2D eigenvalue weighted by Gasteiger charge is 2.25. The zero-order chi connectivity index (χ0) is 59.6. The second-order valence-corrected chi connectivity index (χ2v) is 22.3. The lowest BCUT2D eigenvalue weighted by atomic mass is 9.91. The molecule has 20 aromatic rings. The first-order chi connectivity index (χ1) is 44.6. The highest BCUT2D eigenvalue weighted by Crippen LogP contribution is 2.50. The van der Waals surface area contributed by atoms with Crippen molar-refractivity contribution in [1.82, 2.24) is 29.9 Å². The van der Waals surface area contributed by atoms with Crippen LogP contribution in [-0.4, -0.2) is 29.9 Å². The number of fused-ring (bicyclic) bond motifs is 14. The van der Waals surface area contributed by atoms with Crippen LogP contribution in [-0.2, 0) is 0 Å². The van der Waals surface area contributed by atoms with E-state index in [1.54, 1.807) is 0 Å². The highest BCUT2D eigenvalue weighted by atomic mass is 16.3. The Morgan fingerprint density at radius 3 is 0.933 bits per heavy atom. The van der Waals surface area contributed by atoms with Gasteiger partial charge in [0, 0.05) is 87.2 Å². The Bertz CT molecular complexity index is 6060. The Kier molecular flexibility index (Phi) is 11.5. The molecule has 90 heavy (non-hydrogen) atoms. The minimum Gasteiger partial charge on any atom is -0.456 e. The third-order valence-electron chi connectivity index (χ3n) is 17.4. The van der Waals surface area contributed by atoms with E-state index in [1.807, 2.05) is 178 Å². The van der Waals surface area contributed by atoms with E-state index < -0.39 is 0 Å². The minimum atomic E-state index is 0.601. The average Bonchev–Trinajstić information content (AvgIpc) is 1.53. The Morgan fingerprint density at radius 1 is 0.189 bits per heavy atom. The van der Waals surface area contributed by atoms with Crippen molar-refractivity contribution in [3.05, 3.63) is 255 Å². The number of hydrogen-bond donors (Lipinski definition) is 0. The van der Waals surface area contributed by atoms with Crippen molar-refractivity contribution in [2.45, 2.75) is 13.8 Å². The Hall–Kier alpha value is -12.1. The first kappa shape index (κ1) is 51.1. The Labute approximate surface area is 512 Å². The fourth-order valence-corrected chi connectivity index (χ4v) is 13.6. The van der Waals surface area contributed by atoms with Crippen molar-refractivity contribution in [2.75, 3.05) is 0 Å². The van der Waals surface area contributed by atoms with Gasteiger partial charge in [0.05, 0.1) is 0 Å². The molecule has 0 aliphatic rings. The van der Waals surface area contributed by atoms with E-state index in [0.717, 1.165) is 143 Å². The van der Waals surface area contributed by atoms with Crippen LogP contribution in [0.2, 0.25) is 0 Å². The number of furan rings is 4. The van der Waals surface area contributed by atoms with Gasteiger partial charge in [0.2, 0.25) is 0 Å². The first-order valence-corrected chi connectivity index (χ1v) is 30.2. The molecule has 0 fully saturated rings. The molecule has 0 aliphatic heterocycles. The van der Waals surface area contributed by atoms with Gasteiger partial charge in [-0.05, 0) is 105 Å². The van der Waals surface area contributed by atoms with Crippen molar-refractivity contribution in [2.24, 2.45) is 0 Å². The van der Waals surface area contributed by atoms with Crippen molar-refractivity contribution < 1.29 is 17.7 Å². The number of rotatable bonds is 6. The van der Waals surface area contributed by atoms with Crippen molar-refractivity contribution in [1.29, 1.82) is 0 Å². The van der Waals surface area contributed by atoms with Crippen LogP contribution in [0.5, 0.6) is 0 Å². The van der Waals surface area contributed by atoms with E-state index in [2.05, 4.69) is 91.0 Å². The maximum Gasteiger partial charge on any atom is 0.164 e. The summed E-state index contributed by atoms with van der Waals surface area (Å²) in [6.07, 6.45) is 0. The third kappa shape index (κ3) is 7.84. The first-order valence-electron chi connectivity index (χ1n) is 30.2. The molecular weight excluding hydrogens is 1110 g/mol. The van der Waals surface area contributed by atoms with Gasteiger partial charge in [0.15, 0.2) is 34.9 Å². The van der Waals surface area contributed by atoms with E-state index >= 15 is 0 Å². The van der Waals surface area contributed by atoms with E-state index in [1.165, 1.54) is 21.5 Å². The molecule has 422 valence electrons. The van der Waals surface area contributed by atoms with Gasteiger partial charge in [-0.15, -0.1) is 0 Å². The molecule has 0 bridgehead atoms. The summed E-state index contributed by atoms with van der Waals surface area (Å²) in [5.74, 6) is 3.74. The Morgan fingerprint density at radius 2 is 0.489 bits per heavy atom. The predicted molar refractivity (Wildman–Crippen MR) is 365 cm³/mol. The van der Waals surface area contributed by atoms with Crippen molar-refractivity contribution in [3.63, 3.8) is 0 Å². The molecular formula is C80H48N6O4. The predicted octanol–water partition coefficient (Wildman–Crippen LogP) is 21.9.